The molecule has 1 saturated heterocycles. The van der Waals surface area contributed by atoms with Crippen molar-refractivity contribution >= 4 is 11.9 Å². The van der Waals surface area contributed by atoms with Crippen LogP contribution < -0.4 is 4.72 Å². The van der Waals surface area contributed by atoms with Crippen LogP contribution in [0.25, 0.3) is 0 Å². The average Bonchev–Trinajstić information content (AvgIpc) is 1.62. The first-order chi connectivity index (χ1) is 4.00. The van der Waals surface area contributed by atoms with E-state index in [2.05, 4.69) is 4.72 Å². The third-order valence-electron chi connectivity index (χ3n) is 1.33. The minimum absolute atomic E-state index is 1.09. The Kier molecular flexibility index (Phi) is 3.39. The Bertz CT molecular complexity index is 32.5. The fraction of sp³-hybridized carbons (Fsp3) is 1.00. The third-order valence-corrected chi connectivity index (χ3v) is 2.16. The van der Waals surface area contributed by atoms with E-state index in [1.807, 2.05) is 0 Å². The molecule has 1 heterocycles. The van der Waals surface area contributed by atoms with Gasteiger partial charge in [-0.1, -0.05) is 24.8 Å². The summed E-state index contributed by atoms with van der Waals surface area (Å²) in [6.07, 6.45) is 5.49. The van der Waals surface area contributed by atoms with Gasteiger partial charge in [-0.25, -0.2) is 0 Å². The molecule has 2 heteroatoms. The van der Waals surface area contributed by atoms with E-state index >= 15 is 0 Å². The Labute approximate surface area is 55.4 Å². The Morgan fingerprint density at radius 1 is 1.00 bits per heavy atom. The monoisotopic (exact) mass is 130 g/mol. The van der Waals surface area contributed by atoms with Gasteiger partial charge in [-0.15, -0.1) is 0 Å². The largest absolute Gasteiger partial charge is 0.175 e. The summed E-state index contributed by atoms with van der Waals surface area (Å²) in [6, 6.07) is 0. The van der Waals surface area contributed by atoms with Crippen molar-refractivity contribution in [2.75, 3.05) is 12.3 Å². The summed E-state index contributed by atoms with van der Waals surface area (Å²) in [4.78, 5) is 0. The van der Waals surface area contributed by atoms with Gasteiger partial charge in [-0.2, -0.15) is 4.72 Å². The first-order valence-corrected chi connectivity index (χ1v) is 4.23. The molecule has 1 aliphatic heterocycles. The van der Waals surface area contributed by atoms with E-state index in [1.54, 1.807) is 11.9 Å². The maximum Gasteiger partial charge on any atom is 0.0256 e. The number of rotatable bonds is 0. The lowest BCUT2D eigenvalue weighted by Gasteiger charge is -2.05. The molecule has 1 fully saturated rings. The summed E-state index contributed by atoms with van der Waals surface area (Å²) >= 11 is 1.75. The van der Waals surface area contributed by atoms with Crippen LogP contribution in [-0.2, 0) is 0 Å². The normalized spacial score (nSPS) is 24.0. The molecule has 0 aromatic rings. The minimum Gasteiger partial charge on any atom is -0.175 e. The summed E-state index contributed by atoms with van der Waals surface area (Å²) in [5, 5.41) is 0. The molecule has 0 aliphatic carbocycles. The molecule has 0 bridgehead atoms. The lowest BCUT2D eigenvalue weighted by atomic mass is 10.2. The average molecular weight is 130 g/mol. The van der Waals surface area contributed by atoms with Gasteiger partial charge in [0.25, 0.3) is 0 Å². The minimum atomic E-state index is 1.09. The third kappa shape index (κ3) is 2.58. The quantitative estimate of drug-likeness (QED) is 0.456. The van der Waals surface area contributed by atoms with E-state index in [-0.39, 0.29) is 0 Å². The van der Waals surface area contributed by atoms with Crippen LogP contribution in [0.5, 0.6) is 0 Å². The molecule has 0 saturated carbocycles. The fourth-order valence-electron chi connectivity index (χ4n) is 0.826. The number of hydrogen-bond donors (Lipinski definition) is 0. The predicted octanol–water partition coefficient (Wildman–Crippen LogP) is 1.81. The molecule has 47 valence electrons. The van der Waals surface area contributed by atoms with E-state index < -0.39 is 0 Å². The Morgan fingerprint density at radius 3 is 2.88 bits per heavy atom. The van der Waals surface area contributed by atoms with Crippen molar-refractivity contribution in [3.8, 4) is 0 Å². The van der Waals surface area contributed by atoms with Crippen LogP contribution in [-0.4, -0.2) is 12.3 Å². The van der Waals surface area contributed by atoms with Crippen molar-refractivity contribution < 1.29 is 0 Å². The van der Waals surface area contributed by atoms with Gasteiger partial charge in [0.15, 0.2) is 0 Å². The highest BCUT2D eigenvalue weighted by atomic mass is 32.2. The zero-order valence-electron chi connectivity index (χ0n) is 5.10. The van der Waals surface area contributed by atoms with Crippen LogP contribution in [0.4, 0.5) is 0 Å². The highest BCUT2D eigenvalue weighted by Crippen LogP contribution is 2.09. The predicted molar refractivity (Wildman–Crippen MR) is 37.9 cm³/mol. The second-order valence-electron chi connectivity index (χ2n) is 2.10. The Balaban J connectivity index is 2.00. The van der Waals surface area contributed by atoms with Crippen LogP contribution >= 0.6 is 11.9 Å². The fourth-order valence-corrected chi connectivity index (χ4v) is 1.55. The summed E-state index contributed by atoms with van der Waals surface area (Å²) in [5.74, 6) is 1.25. The second kappa shape index (κ2) is 4.21. The zero-order chi connectivity index (χ0) is 5.66. The Morgan fingerprint density at radius 2 is 1.88 bits per heavy atom. The molecule has 1 rings (SSSR count). The SMILES string of the molecule is C1CCCS[N]CC1. The van der Waals surface area contributed by atoms with Crippen LogP contribution in [0.1, 0.15) is 25.7 Å². The van der Waals surface area contributed by atoms with Crippen molar-refractivity contribution in [1.29, 1.82) is 0 Å². The highest BCUT2D eigenvalue weighted by Gasteiger charge is 1.96. The molecular weight excluding hydrogens is 118 g/mol. The van der Waals surface area contributed by atoms with Crippen LogP contribution in [0.2, 0.25) is 0 Å². The standard InChI is InChI=1S/C6H12NS/c1-2-4-6-8-7-5-3-1/h1-6H2. The molecule has 0 atom stereocenters. The molecule has 0 aromatic heterocycles. The molecular formula is C6H12NS. The van der Waals surface area contributed by atoms with E-state index in [0.717, 1.165) is 6.54 Å². The van der Waals surface area contributed by atoms with Gasteiger partial charge in [0, 0.05) is 12.3 Å². The molecule has 0 unspecified atom stereocenters. The van der Waals surface area contributed by atoms with Crippen molar-refractivity contribution in [1.82, 2.24) is 4.72 Å². The van der Waals surface area contributed by atoms with Crippen molar-refractivity contribution in [3.63, 3.8) is 0 Å². The lowest BCUT2D eigenvalue weighted by molar-refractivity contribution is 0.650. The smallest absolute Gasteiger partial charge is 0.0256 e. The molecule has 1 radical (unpaired) electrons. The van der Waals surface area contributed by atoms with Crippen molar-refractivity contribution in [2.24, 2.45) is 0 Å². The molecule has 0 N–H and O–H groups in total. The summed E-state index contributed by atoms with van der Waals surface area (Å²) in [5.41, 5.74) is 0. The van der Waals surface area contributed by atoms with Gasteiger partial charge in [0.05, 0.1) is 0 Å². The first kappa shape index (κ1) is 6.43. The summed E-state index contributed by atoms with van der Waals surface area (Å²) in [7, 11) is 0. The van der Waals surface area contributed by atoms with Gasteiger partial charge in [-0.3, -0.25) is 0 Å². The Hall–Kier alpha value is 0.310. The lowest BCUT2D eigenvalue weighted by Crippen LogP contribution is -2.01. The highest BCUT2D eigenvalue weighted by molar-refractivity contribution is 7.97. The van der Waals surface area contributed by atoms with Gasteiger partial charge in [0.2, 0.25) is 0 Å². The maximum absolute atomic E-state index is 4.25. The molecule has 8 heavy (non-hydrogen) atoms. The second-order valence-corrected chi connectivity index (χ2v) is 3.02. The summed E-state index contributed by atoms with van der Waals surface area (Å²) < 4.78 is 4.25. The van der Waals surface area contributed by atoms with E-state index in [4.69, 9.17) is 0 Å². The topological polar surface area (TPSA) is 14.1 Å². The van der Waals surface area contributed by atoms with Crippen LogP contribution in [0, 0.1) is 0 Å². The maximum atomic E-state index is 4.25. The van der Waals surface area contributed by atoms with Crippen molar-refractivity contribution in [3.05, 3.63) is 0 Å². The van der Waals surface area contributed by atoms with E-state index in [0.29, 0.717) is 0 Å². The molecule has 0 spiro atoms. The van der Waals surface area contributed by atoms with E-state index in [9.17, 15) is 0 Å². The molecule has 0 aromatic carbocycles. The van der Waals surface area contributed by atoms with Crippen LogP contribution in [0.3, 0.4) is 0 Å². The van der Waals surface area contributed by atoms with E-state index in [1.165, 1.54) is 31.4 Å². The molecule has 0 amide bonds. The summed E-state index contributed by atoms with van der Waals surface area (Å²) in [6.45, 7) is 1.09. The van der Waals surface area contributed by atoms with Gasteiger partial charge in [0.1, 0.15) is 0 Å². The molecule has 1 nitrogen and oxygen atoms in total. The zero-order valence-corrected chi connectivity index (χ0v) is 5.91. The van der Waals surface area contributed by atoms with Gasteiger partial charge >= 0.3 is 0 Å². The van der Waals surface area contributed by atoms with Crippen molar-refractivity contribution in [2.45, 2.75) is 25.7 Å². The number of nitrogens with zero attached hydrogens (tertiary/aromatic N) is 1. The number of hydrogen-bond acceptors (Lipinski definition) is 1. The molecule has 1 aliphatic rings. The first-order valence-electron chi connectivity index (χ1n) is 3.29. The van der Waals surface area contributed by atoms with Crippen LogP contribution in [0.15, 0.2) is 0 Å². The van der Waals surface area contributed by atoms with Gasteiger partial charge < -0.3 is 0 Å². The van der Waals surface area contributed by atoms with Gasteiger partial charge in [-0.05, 0) is 12.8 Å².